The first kappa shape index (κ1) is 31.4. The van der Waals surface area contributed by atoms with E-state index in [0.29, 0.717) is 21.1 Å². The number of rotatable bonds is 13. The average molecular weight is 611 g/mol. The van der Waals surface area contributed by atoms with Crippen LogP contribution in [0, 0.1) is 25.7 Å². The molecule has 0 spiro atoms. The number of para-hydroxylation sites is 1. The number of hydrogen-bond acceptors (Lipinski definition) is 8. The fraction of sp³-hybridized carbons (Fsp3) is 0.355. The number of anilines is 1. The first-order chi connectivity index (χ1) is 19.9. The molecule has 1 heterocycles. The third-order valence-corrected chi connectivity index (χ3v) is 9.78. The molecule has 0 radical (unpaired) electrons. The lowest BCUT2D eigenvalue weighted by Gasteiger charge is -2.34. The summed E-state index contributed by atoms with van der Waals surface area (Å²) in [6.45, 7) is 7.43. The van der Waals surface area contributed by atoms with Crippen LogP contribution in [-0.2, 0) is 21.2 Å². The number of carbonyl (C=O) groups is 1. The number of aliphatic hydroxyl groups excluding tert-OH is 1. The molecule has 0 bridgehead atoms. The molecule has 42 heavy (non-hydrogen) atoms. The van der Waals surface area contributed by atoms with Crippen molar-refractivity contribution in [3.63, 3.8) is 0 Å². The lowest BCUT2D eigenvalue weighted by molar-refractivity contribution is -0.129. The summed E-state index contributed by atoms with van der Waals surface area (Å²) >= 11 is 1.20. The van der Waals surface area contributed by atoms with Crippen LogP contribution < -0.4 is 16.2 Å². The molecule has 0 aliphatic rings. The minimum absolute atomic E-state index is 0.0415. The minimum Gasteiger partial charge on any atom is -0.480 e. The van der Waals surface area contributed by atoms with E-state index in [0.717, 1.165) is 16.7 Å². The van der Waals surface area contributed by atoms with Gasteiger partial charge in [-0.3, -0.25) is 4.79 Å². The highest BCUT2D eigenvalue weighted by Gasteiger charge is 2.38. The van der Waals surface area contributed by atoms with Gasteiger partial charge in [-0.1, -0.05) is 73.7 Å². The van der Waals surface area contributed by atoms with Crippen molar-refractivity contribution in [1.82, 2.24) is 9.29 Å². The lowest BCUT2D eigenvalue weighted by atomic mass is 9.88. The predicted octanol–water partition coefficient (Wildman–Crippen LogP) is 4.29. The van der Waals surface area contributed by atoms with Gasteiger partial charge in [-0.25, -0.2) is 13.4 Å². The van der Waals surface area contributed by atoms with Crippen LogP contribution in [0.4, 0.5) is 5.13 Å². The molecule has 11 heteroatoms. The predicted molar refractivity (Wildman–Crippen MR) is 167 cm³/mol. The molecular weight excluding hydrogens is 572 g/mol. The minimum atomic E-state index is -4.04. The summed E-state index contributed by atoms with van der Waals surface area (Å²) in [7, 11) is -4.04. The van der Waals surface area contributed by atoms with Gasteiger partial charge >= 0.3 is 0 Å². The molecule has 4 aromatic rings. The Hall–Kier alpha value is -3.51. The van der Waals surface area contributed by atoms with Gasteiger partial charge in [-0.15, -0.1) is 0 Å². The molecule has 224 valence electrons. The molecule has 4 rings (SSSR count). The van der Waals surface area contributed by atoms with Gasteiger partial charge in [-0.05, 0) is 61.1 Å². The largest absolute Gasteiger partial charge is 0.480 e. The number of hydrogen-bond donors (Lipinski definition) is 3. The van der Waals surface area contributed by atoms with Gasteiger partial charge in [0.25, 0.3) is 5.91 Å². The third kappa shape index (κ3) is 7.27. The van der Waals surface area contributed by atoms with E-state index in [-0.39, 0.29) is 30.3 Å². The quantitative estimate of drug-likeness (QED) is 0.204. The number of aromatic nitrogens is 1. The summed E-state index contributed by atoms with van der Waals surface area (Å²) < 4.78 is 36.1. The highest BCUT2D eigenvalue weighted by Crippen LogP contribution is 2.31. The zero-order chi connectivity index (χ0) is 30.6. The smallest absolute Gasteiger partial charge is 0.258 e. The van der Waals surface area contributed by atoms with E-state index in [2.05, 4.69) is 4.98 Å². The number of nitrogens with zero attached hydrogens (tertiary/aromatic N) is 2. The summed E-state index contributed by atoms with van der Waals surface area (Å²) in [4.78, 5) is 17.2. The number of ether oxygens (including phenoxy) is 1. The molecule has 9 nitrogen and oxygen atoms in total. The van der Waals surface area contributed by atoms with Crippen LogP contribution in [0.1, 0.15) is 30.5 Å². The summed E-state index contributed by atoms with van der Waals surface area (Å²) in [5.41, 5.74) is 14.8. The van der Waals surface area contributed by atoms with Gasteiger partial charge in [-0.2, -0.15) is 4.31 Å². The second-order valence-electron chi connectivity index (χ2n) is 11.0. The van der Waals surface area contributed by atoms with Crippen molar-refractivity contribution in [2.45, 2.75) is 51.2 Å². The Morgan fingerprint density at radius 2 is 1.69 bits per heavy atom. The number of amides is 1. The van der Waals surface area contributed by atoms with Crippen molar-refractivity contribution < 1.29 is 23.1 Å². The van der Waals surface area contributed by atoms with Crippen LogP contribution >= 0.6 is 11.3 Å². The Morgan fingerprint density at radius 3 is 2.31 bits per heavy atom. The molecular formula is C31H38N4O5S2. The first-order valence-electron chi connectivity index (χ1n) is 13.8. The Bertz CT molecular complexity index is 1620. The number of sulfonamides is 1. The molecule has 0 saturated carbocycles. The molecule has 1 aromatic heterocycles. The molecule has 3 aromatic carbocycles. The number of primary amides is 1. The van der Waals surface area contributed by atoms with Crippen LogP contribution in [0.15, 0.2) is 71.6 Å². The van der Waals surface area contributed by atoms with Gasteiger partial charge in [0.2, 0.25) is 10.0 Å². The average Bonchev–Trinajstić information content (AvgIpc) is 3.31. The Kier molecular flexibility index (Phi) is 9.88. The fourth-order valence-electron chi connectivity index (χ4n) is 5.05. The second-order valence-corrected chi connectivity index (χ2v) is 14.0. The maximum atomic E-state index is 14.0. The highest BCUT2D eigenvalue weighted by atomic mass is 32.2. The Balaban J connectivity index is 1.71. The van der Waals surface area contributed by atoms with Crippen molar-refractivity contribution in [2.75, 3.05) is 18.8 Å². The van der Waals surface area contributed by atoms with Crippen LogP contribution in [0.25, 0.3) is 10.2 Å². The maximum Gasteiger partial charge on any atom is 0.258 e. The maximum absolute atomic E-state index is 14.0. The molecule has 0 fully saturated rings. The topological polar surface area (TPSA) is 149 Å². The number of nitrogen functional groups attached to an aromatic ring is 1. The summed E-state index contributed by atoms with van der Waals surface area (Å²) in [5.74, 6) is -1.13. The van der Waals surface area contributed by atoms with Crippen LogP contribution in [0.3, 0.4) is 0 Å². The van der Waals surface area contributed by atoms with Crippen molar-refractivity contribution in [1.29, 1.82) is 0 Å². The molecule has 0 aliphatic heterocycles. The summed E-state index contributed by atoms with van der Waals surface area (Å²) in [5, 5.41) is 12.1. The Labute approximate surface area is 251 Å². The van der Waals surface area contributed by atoms with Crippen molar-refractivity contribution in [2.24, 2.45) is 17.6 Å². The number of fused-ring (bicyclic) bond motifs is 1. The number of carbonyl (C=O) groups excluding carboxylic acids is 1. The van der Waals surface area contributed by atoms with E-state index >= 15 is 0 Å². The monoisotopic (exact) mass is 610 g/mol. The van der Waals surface area contributed by atoms with E-state index in [1.54, 1.807) is 12.1 Å². The lowest BCUT2D eigenvalue weighted by Crippen LogP contribution is -2.50. The highest BCUT2D eigenvalue weighted by molar-refractivity contribution is 7.89. The number of nitrogens with two attached hydrogens (primary N) is 2. The van der Waals surface area contributed by atoms with E-state index in [1.807, 2.05) is 76.2 Å². The first-order valence-corrected chi connectivity index (χ1v) is 16.0. The van der Waals surface area contributed by atoms with Crippen LogP contribution in [0.2, 0.25) is 0 Å². The Morgan fingerprint density at radius 1 is 1.02 bits per heavy atom. The summed E-state index contributed by atoms with van der Waals surface area (Å²) in [6, 6.07) is 19.7. The third-order valence-electron chi connectivity index (χ3n) is 7.11. The molecule has 1 unspecified atom stereocenters. The van der Waals surface area contributed by atoms with Gasteiger partial charge in [0.15, 0.2) is 11.2 Å². The SMILES string of the molecule is Cc1cccc(C)c1OC(C(N)=O)[C@@H](Cc1ccccc1)[C@@H](O)CN(CC(C)C)S(=O)(=O)c1ccc2nc(N)sc2c1. The normalized spacial score (nSPS) is 14.3. The van der Waals surface area contributed by atoms with Crippen molar-refractivity contribution >= 4 is 42.6 Å². The fourth-order valence-corrected chi connectivity index (χ4v) is 7.55. The van der Waals surface area contributed by atoms with E-state index in [9.17, 15) is 18.3 Å². The van der Waals surface area contributed by atoms with E-state index < -0.39 is 34.1 Å². The molecule has 0 aliphatic carbocycles. The van der Waals surface area contributed by atoms with Gasteiger partial charge in [0.05, 0.1) is 21.2 Å². The van der Waals surface area contributed by atoms with E-state index in [1.165, 1.54) is 21.7 Å². The molecule has 1 amide bonds. The number of aryl methyl sites for hydroxylation is 2. The van der Waals surface area contributed by atoms with Crippen LogP contribution in [-0.4, -0.2) is 54.0 Å². The molecule has 5 N–H and O–H groups in total. The zero-order valence-corrected chi connectivity index (χ0v) is 25.9. The second kappa shape index (κ2) is 13.2. The summed E-state index contributed by atoms with van der Waals surface area (Å²) in [6.07, 6.45) is -2.27. The van der Waals surface area contributed by atoms with Crippen LogP contribution in [0.5, 0.6) is 5.75 Å². The van der Waals surface area contributed by atoms with Crippen molar-refractivity contribution in [3.05, 3.63) is 83.4 Å². The number of aliphatic hydroxyl groups is 1. The molecule has 3 atom stereocenters. The van der Waals surface area contributed by atoms with E-state index in [4.69, 9.17) is 16.2 Å². The van der Waals surface area contributed by atoms with Gasteiger partial charge in [0, 0.05) is 19.0 Å². The van der Waals surface area contributed by atoms with Crippen molar-refractivity contribution in [3.8, 4) is 5.75 Å². The number of benzene rings is 3. The number of thiazole rings is 1. The van der Waals surface area contributed by atoms with Gasteiger partial charge < -0.3 is 21.3 Å². The molecule has 0 saturated heterocycles. The van der Waals surface area contributed by atoms with Gasteiger partial charge in [0.1, 0.15) is 5.75 Å². The standard InChI is InChI=1S/C31H38N4O5S2/c1-19(2)17-35(42(38,39)23-13-14-25-27(16-23)41-31(33)34-25)18-26(36)24(15-22-11-6-5-7-12-22)29(30(32)37)40-28-20(3)9-8-10-21(28)4/h5-14,16,19,24,26,29,36H,15,17-18H2,1-4H3,(H2,32,37)(H2,33,34)/t24-,26-,29?/m0/s1. The zero-order valence-electron chi connectivity index (χ0n) is 24.2.